The molecular formula is C30H29Cl2N9O. The van der Waals surface area contributed by atoms with E-state index in [0.717, 1.165) is 66.5 Å². The molecule has 3 heterocycles. The van der Waals surface area contributed by atoms with E-state index in [1.165, 1.54) is 0 Å². The smallest absolute Gasteiger partial charge is 0.233 e. The summed E-state index contributed by atoms with van der Waals surface area (Å²) in [4.78, 5) is 20.6. The standard InChI is InChI=1S/C30H29Cl2N9O/c31-20-2-1-3-24(18-20)37-30-39-28(34-12-13-41-14-16-42-17-15-41)38-29(40-30)36-23-7-5-22(6-8-23)35-26-10-11-33-27-19-21(32)4-9-25(26)27/h1-11,18-19H,12-17H2,(H,33,35)(H3,34,36,37,38,39,40). The number of aromatic nitrogens is 4. The molecule has 1 aliphatic heterocycles. The molecule has 214 valence electrons. The molecule has 1 fully saturated rings. The average Bonchev–Trinajstić information content (AvgIpc) is 2.99. The molecule has 2 aromatic heterocycles. The van der Waals surface area contributed by atoms with Crippen molar-refractivity contribution in [3.8, 4) is 0 Å². The number of nitrogens with one attached hydrogen (secondary N) is 4. The lowest BCUT2D eigenvalue weighted by Crippen LogP contribution is -2.39. The van der Waals surface area contributed by atoms with Gasteiger partial charge in [0, 0.05) is 70.6 Å². The van der Waals surface area contributed by atoms with Gasteiger partial charge in [-0.1, -0.05) is 29.3 Å². The maximum atomic E-state index is 6.18. The van der Waals surface area contributed by atoms with E-state index >= 15 is 0 Å². The fourth-order valence-electron chi connectivity index (χ4n) is 4.56. The number of morpholine rings is 1. The van der Waals surface area contributed by atoms with Crippen molar-refractivity contribution in [3.05, 3.63) is 89.0 Å². The molecule has 0 unspecified atom stereocenters. The van der Waals surface area contributed by atoms with E-state index in [1.807, 2.05) is 72.8 Å². The number of hydrogen-bond donors (Lipinski definition) is 4. The number of halogens is 2. The van der Waals surface area contributed by atoms with Gasteiger partial charge < -0.3 is 26.0 Å². The first kappa shape index (κ1) is 27.9. The van der Waals surface area contributed by atoms with Gasteiger partial charge in [0.25, 0.3) is 0 Å². The van der Waals surface area contributed by atoms with Gasteiger partial charge in [-0.3, -0.25) is 9.88 Å². The molecule has 0 amide bonds. The van der Waals surface area contributed by atoms with Crippen LogP contribution in [0.3, 0.4) is 0 Å². The number of fused-ring (bicyclic) bond motifs is 1. The van der Waals surface area contributed by atoms with Crippen LogP contribution in [0.1, 0.15) is 0 Å². The number of nitrogens with zero attached hydrogens (tertiary/aromatic N) is 5. The van der Waals surface area contributed by atoms with E-state index in [0.29, 0.717) is 34.4 Å². The van der Waals surface area contributed by atoms with Crippen LogP contribution in [0.5, 0.6) is 0 Å². The van der Waals surface area contributed by atoms with E-state index in [1.54, 1.807) is 6.20 Å². The number of benzene rings is 3. The summed E-state index contributed by atoms with van der Waals surface area (Å²) >= 11 is 12.3. The quantitative estimate of drug-likeness (QED) is 0.138. The van der Waals surface area contributed by atoms with E-state index in [2.05, 4.69) is 46.1 Å². The number of pyridine rings is 1. The minimum absolute atomic E-state index is 0.395. The van der Waals surface area contributed by atoms with Crippen LogP contribution in [0, 0.1) is 0 Å². The predicted molar refractivity (Wildman–Crippen MR) is 170 cm³/mol. The molecule has 0 atom stereocenters. The van der Waals surface area contributed by atoms with Gasteiger partial charge in [-0.05, 0) is 66.7 Å². The largest absolute Gasteiger partial charge is 0.379 e. The Morgan fingerprint density at radius 3 is 2.17 bits per heavy atom. The molecule has 1 saturated heterocycles. The van der Waals surface area contributed by atoms with Gasteiger partial charge in [-0.2, -0.15) is 15.0 Å². The van der Waals surface area contributed by atoms with E-state index in [-0.39, 0.29) is 0 Å². The van der Waals surface area contributed by atoms with Gasteiger partial charge in [0.1, 0.15) is 0 Å². The first-order valence-corrected chi connectivity index (χ1v) is 14.3. The van der Waals surface area contributed by atoms with Crippen LogP contribution in [0.4, 0.5) is 40.6 Å². The second-order valence-corrected chi connectivity index (χ2v) is 10.5. The van der Waals surface area contributed by atoms with Crippen molar-refractivity contribution in [2.75, 3.05) is 60.7 Å². The first-order valence-electron chi connectivity index (χ1n) is 13.6. The number of anilines is 7. The van der Waals surface area contributed by atoms with Crippen molar-refractivity contribution < 1.29 is 4.74 Å². The highest BCUT2D eigenvalue weighted by molar-refractivity contribution is 6.31. The third-order valence-electron chi connectivity index (χ3n) is 6.66. The second kappa shape index (κ2) is 13.2. The highest BCUT2D eigenvalue weighted by Crippen LogP contribution is 2.28. The lowest BCUT2D eigenvalue weighted by molar-refractivity contribution is 0.0398. The Bertz CT molecular complexity index is 1660. The first-order chi connectivity index (χ1) is 20.6. The highest BCUT2D eigenvalue weighted by Gasteiger charge is 2.12. The van der Waals surface area contributed by atoms with Crippen molar-refractivity contribution >= 4 is 74.7 Å². The van der Waals surface area contributed by atoms with Crippen LogP contribution in [0.25, 0.3) is 10.9 Å². The monoisotopic (exact) mass is 601 g/mol. The summed E-state index contributed by atoms with van der Waals surface area (Å²) in [5.41, 5.74) is 4.30. The zero-order valence-corrected chi connectivity index (χ0v) is 24.2. The van der Waals surface area contributed by atoms with Gasteiger partial charge in [-0.15, -0.1) is 0 Å². The summed E-state index contributed by atoms with van der Waals surface area (Å²) in [6.07, 6.45) is 1.76. The Morgan fingerprint density at radius 1 is 0.714 bits per heavy atom. The zero-order valence-electron chi connectivity index (χ0n) is 22.6. The Morgan fingerprint density at radius 2 is 1.40 bits per heavy atom. The summed E-state index contributed by atoms with van der Waals surface area (Å²) in [5, 5.41) is 15.6. The Kier molecular flexibility index (Phi) is 8.76. The summed E-state index contributed by atoms with van der Waals surface area (Å²) in [7, 11) is 0. The van der Waals surface area contributed by atoms with Crippen molar-refractivity contribution in [2.24, 2.45) is 0 Å². The van der Waals surface area contributed by atoms with E-state index in [9.17, 15) is 0 Å². The molecule has 1 aliphatic rings. The number of ether oxygens (including phenoxy) is 1. The number of rotatable bonds is 10. The maximum absolute atomic E-state index is 6.18. The van der Waals surface area contributed by atoms with Crippen LogP contribution in [-0.2, 0) is 4.74 Å². The predicted octanol–water partition coefficient (Wildman–Crippen LogP) is 6.70. The summed E-state index contributed by atoms with van der Waals surface area (Å²) in [6, 6.07) is 22.9. The summed E-state index contributed by atoms with van der Waals surface area (Å²) in [6.45, 7) is 4.92. The molecule has 3 aromatic carbocycles. The van der Waals surface area contributed by atoms with E-state index < -0.39 is 0 Å². The van der Waals surface area contributed by atoms with E-state index in [4.69, 9.17) is 27.9 Å². The Labute approximate surface area is 253 Å². The molecule has 6 rings (SSSR count). The zero-order chi connectivity index (χ0) is 28.7. The Balaban J connectivity index is 1.17. The molecule has 0 bridgehead atoms. The van der Waals surface area contributed by atoms with Crippen molar-refractivity contribution in [2.45, 2.75) is 0 Å². The fraction of sp³-hybridized carbons (Fsp3) is 0.200. The van der Waals surface area contributed by atoms with Crippen molar-refractivity contribution in [3.63, 3.8) is 0 Å². The maximum Gasteiger partial charge on any atom is 0.233 e. The van der Waals surface area contributed by atoms with Gasteiger partial charge in [0.05, 0.1) is 18.7 Å². The minimum Gasteiger partial charge on any atom is -0.379 e. The molecule has 0 spiro atoms. The van der Waals surface area contributed by atoms with Crippen LogP contribution in [0.15, 0.2) is 79.0 Å². The summed E-state index contributed by atoms with van der Waals surface area (Å²) in [5.74, 6) is 1.26. The molecule has 42 heavy (non-hydrogen) atoms. The molecule has 0 radical (unpaired) electrons. The normalized spacial score (nSPS) is 13.6. The fourth-order valence-corrected chi connectivity index (χ4v) is 4.92. The van der Waals surface area contributed by atoms with Gasteiger partial charge >= 0.3 is 0 Å². The third-order valence-corrected chi connectivity index (χ3v) is 7.13. The molecule has 4 N–H and O–H groups in total. The molecule has 0 aliphatic carbocycles. The van der Waals surface area contributed by atoms with Crippen molar-refractivity contribution in [1.82, 2.24) is 24.8 Å². The van der Waals surface area contributed by atoms with Crippen molar-refractivity contribution in [1.29, 1.82) is 0 Å². The second-order valence-electron chi connectivity index (χ2n) is 9.67. The molecule has 0 saturated carbocycles. The minimum atomic E-state index is 0.395. The summed E-state index contributed by atoms with van der Waals surface area (Å²) < 4.78 is 5.44. The Hall–Kier alpha value is -4.22. The molecular weight excluding hydrogens is 573 g/mol. The van der Waals surface area contributed by atoms with Gasteiger partial charge in [0.15, 0.2) is 0 Å². The molecule has 5 aromatic rings. The van der Waals surface area contributed by atoms with Crippen LogP contribution >= 0.6 is 23.2 Å². The van der Waals surface area contributed by atoms with Crippen LogP contribution in [-0.4, -0.2) is 64.2 Å². The highest BCUT2D eigenvalue weighted by atomic mass is 35.5. The SMILES string of the molecule is Clc1cccc(Nc2nc(NCCN3CCOCC3)nc(Nc3ccc(Nc4ccnc5cc(Cl)ccc45)cc3)n2)c1. The number of hydrogen-bond acceptors (Lipinski definition) is 10. The molecule has 12 heteroatoms. The van der Waals surface area contributed by atoms with Crippen LogP contribution < -0.4 is 21.3 Å². The molecule has 10 nitrogen and oxygen atoms in total. The lowest BCUT2D eigenvalue weighted by Gasteiger charge is -2.26. The van der Waals surface area contributed by atoms with Crippen LogP contribution in [0.2, 0.25) is 10.0 Å². The lowest BCUT2D eigenvalue weighted by atomic mass is 10.2. The van der Waals surface area contributed by atoms with Gasteiger partial charge in [-0.25, -0.2) is 0 Å². The third kappa shape index (κ3) is 7.34. The average molecular weight is 603 g/mol. The van der Waals surface area contributed by atoms with Gasteiger partial charge in [0.2, 0.25) is 17.8 Å². The topological polar surface area (TPSA) is 112 Å².